The van der Waals surface area contributed by atoms with Crippen molar-refractivity contribution in [1.82, 2.24) is 5.32 Å². The van der Waals surface area contributed by atoms with Crippen molar-refractivity contribution in [2.24, 2.45) is 4.99 Å². The molecule has 2 N–H and O–H groups in total. The van der Waals surface area contributed by atoms with Crippen LogP contribution >= 0.6 is 0 Å². The van der Waals surface area contributed by atoms with Gasteiger partial charge in [0.15, 0.2) is 0 Å². The molecule has 5 heteroatoms. The Balaban J connectivity index is 2.24. The standard InChI is InChI=1S/C6H10N2O3/c9-5(10)4-8-6-7-2-1-3-11-6/h1-4H2,(H,7,8)(H,9,10). The molecule has 0 aromatic carbocycles. The Bertz CT molecular complexity index is 179. The van der Waals surface area contributed by atoms with Crippen LogP contribution in [0.5, 0.6) is 0 Å². The van der Waals surface area contributed by atoms with Crippen molar-refractivity contribution in [3.05, 3.63) is 0 Å². The molecule has 0 amide bonds. The van der Waals surface area contributed by atoms with Gasteiger partial charge in [0.05, 0.1) is 6.61 Å². The van der Waals surface area contributed by atoms with Crippen LogP contribution in [0.25, 0.3) is 0 Å². The predicted octanol–water partition coefficient (Wildman–Crippen LogP) is -0.563. The van der Waals surface area contributed by atoms with Crippen LogP contribution in [0.1, 0.15) is 6.42 Å². The average molecular weight is 158 g/mol. The number of ether oxygens (including phenoxy) is 1. The second-order valence-corrected chi connectivity index (χ2v) is 2.14. The lowest BCUT2D eigenvalue weighted by atomic mass is 10.4. The maximum Gasteiger partial charge on any atom is 0.323 e. The van der Waals surface area contributed by atoms with E-state index in [1.54, 1.807) is 0 Å². The minimum absolute atomic E-state index is 0.140. The minimum Gasteiger partial charge on any atom is -0.480 e. The molecule has 0 fully saturated rings. The summed E-state index contributed by atoms with van der Waals surface area (Å²) in [4.78, 5) is 14.0. The number of aliphatic imine (C=N–C) groups is 1. The molecule has 62 valence electrons. The Labute approximate surface area is 64.1 Å². The van der Waals surface area contributed by atoms with Crippen LogP contribution in [-0.4, -0.2) is 36.8 Å². The number of hydrogen-bond donors (Lipinski definition) is 2. The summed E-state index contributed by atoms with van der Waals surface area (Å²) < 4.78 is 5.00. The minimum atomic E-state index is -0.915. The molecule has 1 rings (SSSR count). The van der Waals surface area contributed by atoms with Crippen LogP contribution in [0.2, 0.25) is 0 Å². The number of carboxylic acids is 1. The third-order valence-corrected chi connectivity index (χ3v) is 1.19. The number of nitrogens with zero attached hydrogens (tertiary/aromatic N) is 1. The predicted molar refractivity (Wildman–Crippen MR) is 38.5 cm³/mol. The molecule has 0 bridgehead atoms. The summed E-state index contributed by atoms with van der Waals surface area (Å²) in [5.74, 6) is -0.915. The zero-order valence-electron chi connectivity index (χ0n) is 6.04. The van der Waals surface area contributed by atoms with Crippen LogP contribution in [-0.2, 0) is 9.53 Å². The summed E-state index contributed by atoms with van der Waals surface area (Å²) in [5, 5.41) is 10.8. The molecule has 0 saturated heterocycles. The van der Waals surface area contributed by atoms with E-state index in [0.717, 1.165) is 6.42 Å². The lowest BCUT2D eigenvalue weighted by molar-refractivity contribution is -0.135. The molecule has 0 spiro atoms. The van der Waals surface area contributed by atoms with Crippen molar-refractivity contribution >= 4 is 12.0 Å². The number of carboxylic acid groups (broad SMARTS) is 1. The highest BCUT2D eigenvalue weighted by molar-refractivity contribution is 5.79. The van der Waals surface area contributed by atoms with Crippen molar-refractivity contribution < 1.29 is 14.6 Å². The Kier molecular flexibility index (Phi) is 2.71. The van der Waals surface area contributed by atoms with Crippen LogP contribution in [0.3, 0.4) is 0 Å². The molecule has 1 heterocycles. The fraction of sp³-hybridized carbons (Fsp3) is 0.667. The third-order valence-electron chi connectivity index (χ3n) is 1.19. The fourth-order valence-electron chi connectivity index (χ4n) is 0.718. The molecule has 0 atom stereocenters. The molecule has 0 aliphatic carbocycles. The van der Waals surface area contributed by atoms with E-state index in [1.165, 1.54) is 0 Å². The highest BCUT2D eigenvalue weighted by Gasteiger charge is 2.05. The highest BCUT2D eigenvalue weighted by atomic mass is 16.5. The van der Waals surface area contributed by atoms with Gasteiger partial charge in [0, 0.05) is 13.0 Å². The first-order valence-corrected chi connectivity index (χ1v) is 3.42. The summed E-state index contributed by atoms with van der Waals surface area (Å²) in [6.45, 7) is 1.19. The molecule has 1 aliphatic heterocycles. The molecule has 0 aromatic rings. The van der Waals surface area contributed by atoms with E-state index in [2.05, 4.69) is 10.3 Å². The van der Waals surface area contributed by atoms with Gasteiger partial charge in [-0.05, 0) is 0 Å². The SMILES string of the molecule is O=C(O)CNC1=NCCCO1. The Hall–Kier alpha value is -1.26. The second-order valence-electron chi connectivity index (χ2n) is 2.14. The van der Waals surface area contributed by atoms with Crippen molar-refractivity contribution in [2.75, 3.05) is 19.7 Å². The number of hydrogen-bond acceptors (Lipinski definition) is 4. The lowest BCUT2D eigenvalue weighted by Crippen LogP contribution is -2.33. The van der Waals surface area contributed by atoms with Gasteiger partial charge in [0.1, 0.15) is 6.54 Å². The second kappa shape index (κ2) is 3.80. The van der Waals surface area contributed by atoms with Gasteiger partial charge in [-0.3, -0.25) is 4.79 Å². The van der Waals surface area contributed by atoms with Crippen molar-refractivity contribution in [3.8, 4) is 0 Å². The number of aliphatic carboxylic acids is 1. The molecule has 0 radical (unpaired) electrons. The third kappa shape index (κ3) is 2.88. The first kappa shape index (κ1) is 7.84. The van der Waals surface area contributed by atoms with Gasteiger partial charge >= 0.3 is 5.97 Å². The maximum absolute atomic E-state index is 10.1. The lowest BCUT2D eigenvalue weighted by Gasteiger charge is -2.13. The maximum atomic E-state index is 10.1. The van der Waals surface area contributed by atoms with Crippen molar-refractivity contribution in [1.29, 1.82) is 0 Å². The van der Waals surface area contributed by atoms with E-state index in [1.807, 2.05) is 0 Å². The van der Waals surface area contributed by atoms with E-state index in [4.69, 9.17) is 9.84 Å². The van der Waals surface area contributed by atoms with Crippen LogP contribution in [0, 0.1) is 0 Å². The van der Waals surface area contributed by atoms with E-state index >= 15 is 0 Å². The van der Waals surface area contributed by atoms with Gasteiger partial charge in [-0.1, -0.05) is 0 Å². The van der Waals surface area contributed by atoms with Gasteiger partial charge < -0.3 is 15.2 Å². The number of carbonyl (C=O) groups is 1. The number of rotatable bonds is 2. The number of nitrogens with one attached hydrogen (secondary N) is 1. The van der Waals surface area contributed by atoms with Gasteiger partial charge in [0.2, 0.25) is 0 Å². The van der Waals surface area contributed by atoms with Gasteiger partial charge in [-0.15, -0.1) is 0 Å². The Morgan fingerprint density at radius 1 is 1.82 bits per heavy atom. The van der Waals surface area contributed by atoms with E-state index in [-0.39, 0.29) is 6.54 Å². The van der Waals surface area contributed by atoms with Gasteiger partial charge in [-0.25, -0.2) is 4.99 Å². The fourth-order valence-corrected chi connectivity index (χ4v) is 0.718. The molecule has 0 aromatic heterocycles. The molecular formula is C6H10N2O3. The zero-order chi connectivity index (χ0) is 8.10. The first-order valence-electron chi connectivity index (χ1n) is 3.42. The molecule has 0 saturated carbocycles. The van der Waals surface area contributed by atoms with E-state index in [0.29, 0.717) is 19.2 Å². The highest BCUT2D eigenvalue weighted by Crippen LogP contribution is 1.93. The van der Waals surface area contributed by atoms with E-state index in [9.17, 15) is 4.79 Å². The largest absolute Gasteiger partial charge is 0.480 e. The average Bonchev–Trinajstić information content (AvgIpc) is 2.03. The molecule has 5 nitrogen and oxygen atoms in total. The van der Waals surface area contributed by atoms with Gasteiger partial charge in [-0.2, -0.15) is 0 Å². The zero-order valence-corrected chi connectivity index (χ0v) is 6.04. The topological polar surface area (TPSA) is 70.9 Å². The van der Waals surface area contributed by atoms with Crippen LogP contribution in [0.4, 0.5) is 0 Å². The molecule has 0 unspecified atom stereocenters. The Morgan fingerprint density at radius 3 is 3.18 bits per heavy atom. The van der Waals surface area contributed by atoms with Crippen molar-refractivity contribution in [2.45, 2.75) is 6.42 Å². The first-order chi connectivity index (χ1) is 5.29. The summed E-state index contributed by atoms with van der Waals surface area (Å²) in [7, 11) is 0. The van der Waals surface area contributed by atoms with E-state index < -0.39 is 5.97 Å². The van der Waals surface area contributed by atoms with Crippen LogP contribution < -0.4 is 5.32 Å². The summed E-state index contributed by atoms with van der Waals surface area (Å²) in [6.07, 6.45) is 0.901. The number of amidine groups is 1. The summed E-state index contributed by atoms with van der Waals surface area (Å²) in [5.41, 5.74) is 0. The molecule has 11 heavy (non-hydrogen) atoms. The summed E-state index contributed by atoms with van der Waals surface area (Å²) in [6, 6.07) is 0.346. The van der Waals surface area contributed by atoms with Crippen molar-refractivity contribution in [3.63, 3.8) is 0 Å². The smallest absolute Gasteiger partial charge is 0.323 e. The molecule has 1 aliphatic rings. The summed E-state index contributed by atoms with van der Waals surface area (Å²) >= 11 is 0. The quantitative estimate of drug-likeness (QED) is 0.565. The normalized spacial score (nSPS) is 16.5. The van der Waals surface area contributed by atoms with Gasteiger partial charge in [0.25, 0.3) is 6.02 Å². The Morgan fingerprint density at radius 2 is 2.64 bits per heavy atom. The monoisotopic (exact) mass is 158 g/mol. The molecular weight excluding hydrogens is 148 g/mol. The van der Waals surface area contributed by atoms with Crippen LogP contribution in [0.15, 0.2) is 4.99 Å².